The molecular formula is C22H36O2. The van der Waals surface area contributed by atoms with Crippen molar-refractivity contribution in [2.24, 2.45) is 35.0 Å². The van der Waals surface area contributed by atoms with E-state index >= 15 is 0 Å². The van der Waals surface area contributed by atoms with Crippen LogP contribution >= 0.6 is 0 Å². The first-order valence-electron chi connectivity index (χ1n) is 10.3. The summed E-state index contributed by atoms with van der Waals surface area (Å²) in [6, 6.07) is 0. The van der Waals surface area contributed by atoms with E-state index in [2.05, 4.69) is 19.9 Å². The van der Waals surface area contributed by atoms with Crippen molar-refractivity contribution in [1.29, 1.82) is 0 Å². The second-order valence-corrected chi connectivity index (χ2v) is 9.31. The van der Waals surface area contributed by atoms with Crippen LogP contribution in [0.25, 0.3) is 0 Å². The number of rotatable bonds is 2. The second kappa shape index (κ2) is 6.13. The van der Waals surface area contributed by atoms with Crippen LogP contribution in [0.3, 0.4) is 0 Å². The zero-order chi connectivity index (χ0) is 16.9. The molecule has 0 bridgehead atoms. The highest BCUT2D eigenvalue weighted by Crippen LogP contribution is 2.64. The summed E-state index contributed by atoms with van der Waals surface area (Å²) in [6.45, 7) is 4.85. The van der Waals surface area contributed by atoms with Gasteiger partial charge in [-0.3, -0.25) is 0 Å². The van der Waals surface area contributed by atoms with E-state index in [4.69, 9.17) is 9.47 Å². The number of methoxy groups -OCH3 is 2. The molecule has 4 fully saturated rings. The van der Waals surface area contributed by atoms with Gasteiger partial charge in [0.25, 0.3) is 0 Å². The van der Waals surface area contributed by atoms with Gasteiger partial charge in [0.15, 0.2) is 5.79 Å². The van der Waals surface area contributed by atoms with Crippen LogP contribution in [-0.4, -0.2) is 20.0 Å². The number of allylic oxidation sites excluding steroid dienone is 2. The minimum absolute atomic E-state index is 0.289. The standard InChI is InChI=1S/C22H36O2/c1-5-16-7-9-20-19-8-6-15-14-22(23-3,24-4)13-11-17(15)18(19)10-12-21(16,20)2/h5,15,17-20H,6-14H2,1-4H3/b16-5-/t15-,17?,18+,19+,20-,21+/m0/s1. The molecular weight excluding hydrogens is 296 g/mol. The highest BCUT2D eigenvalue weighted by molar-refractivity contribution is 5.23. The summed E-state index contributed by atoms with van der Waals surface area (Å²) in [6.07, 6.45) is 14.5. The van der Waals surface area contributed by atoms with Crippen LogP contribution in [0.5, 0.6) is 0 Å². The van der Waals surface area contributed by atoms with Crippen molar-refractivity contribution in [2.75, 3.05) is 14.2 Å². The monoisotopic (exact) mass is 332 g/mol. The van der Waals surface area contributed by atoms with Crippen molar-refractivity contribution in [2.45, 2.75) is 77.4 Å². The van der Waals surface area contributed by atoms with Crippen molar-refractivity contribution in [1.82, 2.24) is 0 Å². The number of hydrogen-bond acceptors (Lipinski definition) is 2. The van der Waals surface area contributed by atoms with E-state index in [9.17, 15) is 0 Å². The third-order valence-electron chi connectivity index (χ3n) is 8.89. The van der Waals surface area contributed by atoms with Crippen LogP contribution in [0.15, 0.2) is 11.6 Å². The molecule has 136 valence electrons. The van der Waals surface area contributed by atoms with E-state index in [1.807, 2.05) is 14.2 Å². The summed E-state index contributed by atoms with van der Waals surface area (Å²) in [4.78, 5) is 0. The van der Waals surface area contributed by atoms with E-state index in [0.717, 1.165) is 42.4 Å². The lowest BCUT2D eigenvalue weighted by molar-refractivity contribution is -0.246. The van der Waals surface area contributed by atoms with Crippen molar-refractivity contribution in [3.63, 3.8) is 0 Å². The lowest BCUT2D eigenvalue weighted by Crippen LogP contribution is -2.51. The first-order chi connectivity index (χ1) is 11.6. The normalized spacial score (nSPS) is 48.7. The molecule has 6 atom stereocenters. The Morgan fingerprint density at radius 1 is 0.917 bits per heavy atom. The van der Waals surface area contributed by atoms with Crippen LogP contribution in [0.1, 0.15) is 71.6 Å². The summed E-state index contributed by atoms with van der Waals surface area (Å²) in [7, 11) is 3.66. The average molecular weight is 333 g/mol. The molecule has 0 radical (unpaired) electrons. The molecule has 0 N–H and O–H groups in total. The van der Waals surface area contributed by atoms with Crippen molar-refractivity contribution in [3.8, 4) is 0 Å². The maximum Gasteiger partial charge on any atom is 0.167 e. The molecule has 4 aliphatic carbocycles. The molecule has 4 rings (SSSR count). The predicted molar refractivity (Wildman–Crippen MR) is 97.6 cm³/mol. The molecule has 0 aliphatic heterocycles. The summed E-state index contributed by atoms with van der Waals surface area (Å²) in [5.41, 5.74) is 2.30. The van der Waals surface area contributed by atoms with Crippen molar-refractivity contribution < 1.29 is 9.47 Å². The molecule has 1 unspecified atom stereocenters. The summed E-state index contributed by atoms with van der Waals surface area (Å²) in [5, 5.41) is 0. The van der Waals surface area contributed by atoms with Gasteiger partial charge < -0.3 is 9.47 Å². The molecule has 0 saturated heterocycles. The molecule has 0 aromatic heterocycles. The van der Waals surface area contributed by atoms with Gasteiger partial charge in [-0.15, -0.1) is 0 Å². The van der Waals surface area contributed by atoms with Gasteiger partial charge in [0.1, 0.15) is 0 Å². The van der Waals surface area contributed by atoms with Crippen LogP contribution in [0.2, 0.25) is 0 Å². The van der Waals surface area contributed by atoms with Gasteiger partial charge in [-0.25, -0.2) is 0 Å². The summed E-state index contributed by atoms with van der Waals surface area (Å²) in [5.74, 6) is 4.39. The van der Waals surface area contributed by atoms with Crippen molar-refractivity contribution in [3.05, 3.63) is 11.6 Å². The number of hydrogen-bond donors (Lipinski definition) is 0. The first kappa shape index (κ1) is 17.1. The Labute approximate surface area is 148 Å². The quantitative estimate of drug-likeness (QED) is 0.486. The molecule has 24 heavy (non-hydrogen) atoms. The Hall–Kier alpha value is -0.340. The maximum absolute atomic E-state index is 5.80. The summed E-state index contributed by atoms with van der Waals surface area (Å²) < 4.78 is 11.6. The Morgan fingerprint density at radius 3 is 2.38 bits per heavy atom. The maximum atomic E-state index is 5.80. The average Bonchev–Trinajstić information content (AvgIpc) is 2.97. The van der Waals surface area contributed by atoms with Gasteiger partial charge in [0, 0.05) is 27.1 Å². The van der Waals surface area contributed by atoms with Crippen molar-refractivity contribution >= 4 is 0 Å². The van der Waals surface area contributed by atoms with Crippen LogP contribution in [0, 0.1) is 35.0 Å². The Balaban J connectivity index is 1.54. The second-order valence-electron chi connectivity index (χ2n) is 9.31. The molecule has 0 spiro atoms. The van der Waals surface area contributed by atoms with E-state index < -0.39 is 0 Å². The third-order valence-corrected chi connectivity index (χ3v) is 8.89. The fourth-order valence-corrected chi connectivity index (χ4v) is 7.60. The molecule has 0 aromatic rings. The predicted octanol–water partition coefficient (Wildman–Crippen LogP) is 5.57. The topological polar surface area (TPSA) is 18.5 Å². The molecule has 2 nitrogen and oxygen atoms in total. The zero-order valence-corrected chi connectivity index (χ0v) is 16.1. The van der Waals surface area contributed by atoms with Gasteiger partial charge in [-0.2, -0.15) is 0 Å². The lowest BCUT2D eigenvalue weighted by atomic mass is 9.50. The molecule has 2 heteroatoms. The van der Waals surface area contributed by atoms with Gasteiger partial charge in [-0.1, -0.05) is 18.6 Å². The minimum atomic E-state index is -0.289. The molecule has 0 aromatic carbocycles. The van der Waals surface area contributed by atoms with Crippen LogP contribution in [0.4, 0.5) is 0 Å². The Kier molecular flexibility index (Phi) is 4.36. The molecule has 4 aliphatic rings. The molecule has 0 heterocycles. The van der Waals surface area contributed by atoms with E-state index in [1.165, 1.54) is 44.9 Å². The first-order valence-corrected chi connectivity index (χ1v) is 10.3. The number of ether oxygens (including phenoxy) is 2. The largest absolute Gasteiger partial charge is 0.353 e. The van der Waals surface area contributed by atoms with Crippen LogP contribution in [-0.2, 0) is 9.47 Å². The van der Waals surface area contributed by atoms with Crippen LogP contribution < -0.4 is 0 Å². The number of fused-ring (bicyclic) bond motifs is 5. The van der Waals surface area contributed by atoms with Gasteiger partial charge in [-0.05, 0) is 86.9 Å². The fraction of sp³-hybridized carbons (Fsp3) is 0.909. The summed E-state index contributed by atoms with van der Waals surface area (Å²) >= 11 is 0. The van der Waals surface area contributed by atoms with E-state index in [0.29, 0.717) is 5.41 Å². The highest BCUT2D eigenvalue weighted by Gasteiger charge is 2.56. The smallest absolute Gasteiger partial charge is 0.167 e. The SMILES string of the molecule is C/C=C1/CC[C@H]2[C@@H]3CC[C@H]4CC(OC)(OC)CCC4[C@H]3CC[C@]12C. The van der Waals surface area contributed by atoms with Gasteiger partial charge >= 0.3 is 0 Å². The van der Waals surface area contributed by atoms with Gasteiger partial charge in [0.05, 0.1) is 0 Å². The zero-order valence-electron chi connectivity index (χ0n) is 16.1. The highest BCUT2D eigenvalue weighted by atomic mass is 16.7. The Bertz CT molecular complexity index is 506. The Morgan fingerprint density at radius 2 is 1.67 bits per heavy atom. The molecule has 0 amide bonds. The minimum Gasteiger partial charge on any atom is -0.353 e. The third kappa shape index (κ3) is 2.35. The van der Waals surface area contributed by atoms with E-state index in [-0.39, 0.29) is 5.79 Å². The molecule has 4 saturated carbocycles. The fourth-order valence-electron chi connectivity index (χ4n) is 7.60. The van der Waals surface area contributed by atoms with E-state index in [1.54, 1.807) is 5.57 Å². The lowest BCUT2D eigenvalue weighted by Gasteiger charge is -2.56. The van der Waals surface area contributed by atoms with Gasteiger partial charge in [0.2, 0.25) is 0 Å².